The van der Waals surface area contributed by atoms with Gasteiger partial charge in [-0.05, 0) is 42.9 Å². The first-order valence-corrected chi connectivity index (χ1v) is 9.23. The highest BCUT2D eigenvalue weighted by Gasteiger charge is 2.31. The molecule has 0 unspecified atom stereocenters. The zero-order valence-electron chi connectivity index (χ0n) is 16.4. The van der Waals surface area contributed by atoms with E-state index in [4.69, 9.17) is 9.47 Å². The molecule has 0 saturated heterocycles. The van der Waals surface area contributed by atoms with Crippen LogP contribution in [0, 0.1) is 0 Å². The van der Waals surface area contributed by atoms with Crippen molar-refractivity contribution in [1.29, 1.82) is 0 Å². The van der Waals surface area contributed by atoms with Gasteiger partial charge < -0.3 is 14.8 Å². The SMILES string of the molecule is CN(CC(=O)Nc1cc(C(F)(F)F)ccc1-n1cncn1)Cc1ccc2c(c1)OCO2. The van der Waals surface area contributed by atoms with Crippen LogP contribution in [0.1, 0.15) is 11.1 Å². The van der Waals surface area contributed by atoms with E-state index in [1.54, 1.807) is 18.0 Å². The van der Waals surface area contributed by atoms with E-state index in [0.717, 1.165) is 17.7 Å². The van der Waals surface area contributed by atoms with Crippen molar-refractivity contribution >= 4 is 11.6 Å². The van der Waals surface area contributed by atoms with E-state index in [1.165, 1.54) is 23.4 Å². The normalized spacial score (nSPS) is 12.9. The molecule has 0 radical (unpaired) electrons. The first-order valence-electron chi connectivity index (χ1n) is 9.23. The predicted octanol–water partition coefficient (Wildman–Crippen LogP) is 3.09. The first-order chi connectivity index (χ1) is 14.8. The lowest BCUT2D eigenvalue weighted by molar-refractivity contribution is -0.137. The Hall–Kier alpha value is -3.60. The lowest BCUT2D eigenvalue weighted by Crippen LogP contribution is -2.30. The second-order valence-electron chi connectivity index (χ2n) is 6.98. The average molecular weight is 433 g/mol. The number of nitrogens with one attached hydrogen (secondary N) is 1. The Morgan fingerprint density at radius 3 is 2.74 bits per heavy atom. The van der Waals surface area contributed by atoms with Crippen LogP contribution >= 0.6 is 0 Å². The number of carbonyl (C=O) groups excluding carboxylic acids is 1. The van der Waals surface area contributed by atoms with Gasteiger partial charge in [0.2, 0.25) is 12.7 Å². The number of halogens is 3. The summed E-state index contributed by atoms with van der Waals surface area (Å²) in [4.78, 5) is 18.1. The highest BCUT2D eigenvalue weighted by Crippen LogP contribution is 2.34. The number of amides is 1. The molecule has 0 spiro atoms. The van der Waals surface area contributed by atoms with E-state index in [2.05, 4.69) is 15.4 Å². The molecule has 31 heavy (non-hydrogen) atoms. The van der Waals surface area contributed by atoms with Crippen molar-refractivity contribution < 1.29 is 27.4 Å². The van der Waals surface area contributed by atoms with Crippen LogP contribution < -0.4 is 14.8 Å². The smallest absolute Gasteiger partial charge is 0.416 e. The first kappa shape index (κ1) is 20.7. The van der Waals surface area contributed by atoms with Gasteiger partial charge in [-0.1, -0.05) is 6.07 Å². The standard InChI is InChI=1S/C20H18F3N5O3/c1-27(8-13-2-5-17-18(6-13)31-12-30-17)9-19(29)26-15-7-14(20(21,22)23)3-4-16(15)28-11-24-10-25-28/h2-7,10-11H,8-9,12H2,1H3,(H,26,29). The molecule has 2 heterocycles. The number of carbonyl (C=O) groups is 1. The summed E-state index contributed by atoms with van der Waals surface area (Å²) in [5.41, 5.74) is 0.293. The van der Waals surface area contributed by atoms with Gasteiger partial charge in [0, 0.05) is 6.54 Å². The van der Waals surface area contributed by atoms with E-state index >= 15 is 0 Å². The molecule has 0 atom stereocenters. The molecule has 1 aliphatic rings. The van der Waals surface area contributed by atoms with E-state index in [9.17, 15) is 18.0 Å². The summed E-state index contributed by atoms with van der Waals surface area (Å²) in [6.07, 6.45) is -1.96. The van der Waals surface area contributed by atoms with Crippen molar-refractivity contribution in [1.82, 2.24) is 19.7 Å². The van der Waals surface area contributed by atoms with Gasteiger partial charge in [0.1, 0.15) is 12.7 Å². The van der Waals surface area contributed by atoms with Crippen LogP contribution in [0.15, 0.2) is 49.1 Å². The maximum absolute atomic E-state index is 13.2. The van der Waals surface area contributed by atoms with Crippen LogP contribution in [0.2, 0.25) is 0 Å². The number of hydrogen-bond donors (Lipinski definition) is 1. The summed E-state index contributed by atoms with van der Waals surface area (Å²) in [5, 5.41) is 6.49. The van der Waals surface area contributed by atoms with Gasteiger partial charge in [0.05, 0.1) is 23.5 Å². The number of anilines is 1. The maximum atomic E-state index is 13.2. The predicted molar refractivity (Wildman–Crippen MR) is 104 cm³/mol. The Morgan fingerprint density at radius 2 is 2.00 bits per heavy atom. The van der Waals surface area contributed by atoms with Crippen LogP contribution in [0.3, 0.4) is 0 Å². The minimum absolute atomic E-state index is 0.0122. The number of likely N-dealkylation sites (N-methyl/N-ethyl adjacent to an activating group) is 1. The van der Waals surface area contributed by atoms with Crippen LogP contribution in [0.5, 0.6) is 11.5 Å². The minimum atomic E-state index is -4.55. The molecule has 2 aromatic carbocycles. The quantitative estimate of drug-likeness (QED) is 0.644. The number of aromatic nitrogens is 3. The van der Waals surface area contributed by atoms with Crippen LogP contribution in [0.25, 0.3) is 5.69 Å². The zero-order chi connectivity index (χ0) is 22.0. The summed E-state index contributed by atoms with van der Waals surface area (Å²) in [7, 11) is 1.73. The molecule has 4 rings (SSSR count). The molecule has 8 nitrogen and oxygen atoms in total. The van der Waals surface area contributed by atoms with E-state index in [1.807, 2.05) is 12.1 Å². The highest BCUT2D eigenvalue weighted by molar-refractivity contribution is 5.94. The molecule has 1 aliphatic heterocycles. The zero-order valence-corrected chi connectivity index (χ0v) is 16.4. The molecule has 11 heteroatoms. The third-order valence-corrected chi connectivity index (χ3v) is 4.57. The van der Waals surface area contributed by atoms with Gasteiger partial charge in [0.25, 0.3) is 0 Å². The summed E-state index contributed by atoms with van der Waals surface area (Å²) in [6, 6.07) is 8.52. The minimum Gasteiger partial charge on any atom is -0.454 e. The molecular formula is C20H18F3N5O3. The van der Waals surface area contributed by atoms with Gasteiger partial charge in [0.15, 0.2) is 11.5 Å². The van der Waals surface area contributed by atoms with Crippen molar-refractivity contribution in [3.05, 3.63) is 60.2 Å². The molecule has 1 amide bonds. The number of fused-ring (bicyclic) bond motifs is 1. The van der Waals surface area contributed by atoms with E-state index < -0.39 is 17.6 Å². The molecular weight excluding hydrogens is 415 g/mol. The van der Waals surface area contributed by atoms with Crippen molar-refractivity contribution in [2.24, 2.45) is 0 Å². The Kier molecular flexibility index (Phi) is 5.51. The van der Waals surface area contributed by atoms with Crippen molar-refractivity contribution in [2.45, 2.75) is 12.7 Å². The van der Waals surface area contributed by atoms with Gasteiger partial charge in [-0.15, -0.1) is 0 Å². The lowest BCUT2D eigenvalue weighted by atomic mass is 10.1. The fourth-order valence-corrected chi connectivity index (χ4v) is 3.19. The third kappa shape index (κ3) is 4.77. The fraction of sp³-hybridized carbons (Fsp3) is 0.250. The molecule has 0 fully saturated rings. The summed E-state index contributed by atoms with van der Waals surface area (Å²) in [5.74, 6) is 0.829. The lowest BCUT2D eigenvalue weighted by Gasteiger charge is -2.18. The molecule has 1 N–H and O–H groups in total. The van der Waals surface area contributed by atoms with Crippen molar-refractivity contribution in [3.63, 3.8) is 0 Å². The molecule has 0 bridgehead atoms. The van der Waals surface area contributed by atoms with Gasteiger partial charge in [-0.2, -0.15) is 18.3 Å². The third-order valence-electron chi connectivity index (χ3n) is 4.57. The fourth-order valence-electron chi connectivity index (χ4n) is 3.19. The van der Waals surface area contributed by atoms with Crippen molar-refractivity contribution in [3.8, 4) is 17.2 Å². The number of benzene rings is 2. The second-order valence-corrected chi connectivity index (χ2v) is 6.98. The van der Waals surface area contributed by atoms with E-state index in [0.29, 0.717) is 18.0 Å². The molecule has 3 aromatic rings. The number of hydrogen-bond acceptors (Lipinski definition) is 6. The summed E-state index contributed by atoms with van der Waals surface area (Å²) < 4.78 is 51.4. The second kappa shape index (κ2) is 8.26. The van der Waals surface area contributed by atoms with Crippen LogP contribution in [-0.2, 0) is 17.5 Å². The van der Waals surface area contributed by atoms with Gasteiger partial charge in [-0.3, -0.25) is 9.69 Å². The Labute approximate surface area is 175 Å². The molecule has 0 aliphatic carbocycles. The van der Waals surface area contributed by atoms with Crippen LogP contribution in [-0.4, -0.2) is 46.0 Å². The highest BCUT2D eigenvalue weighted by atomic mass is 19.4. The molecule has 162 valence electrons. The Bertz CT molecular complexity index is 1090. The number of nitrogens with zero attached hydrogens (tertiary/aromatic N) is 4. The maximum Gasteiger partial charge on any atom is 0.416 e. The van der Waals surface area contributed by atoms with Crippen molar-refractivity contribution in [2.75, 3.05) is 25.7 Å². The topological polar surface area (TPSA) is 81.5 Å². The Morgan fingerprint density at radius 1 is 1.19 bits per heavy atom. The average Bonchev–Trinajstić information content (AvgIpc) is 3.38. The largest absolute Gasteiger partial charge is 0.454 e. The number of rotatable bonds is 6. The van der Waals surface area contributed by atoms with Crippen LogP contribution in [0.4, 0.5) is 18.9 Å². The van der Waals surface area contributed by atoms with Gasteiger partial charge >= 0.3 is 6.18 Å². The van der Waals surface area contributed by atoms with Gasteiger partial charge in [-0.25, -0.2) is 9.67 Å². The number of ether oxygens (including phenoxy) is 2. The summed E-state index contributed by atoms with van der Waals surface area (Å²) >= 11 is 0. The molecule has 1 aromatic heterocycles. The summed E-state index contributed by atoms with van der Waals surface area (Å²) in [6.45, 7) is 0.562. The van der Waals surface area contributed by atoms with E-state index in [-0.39, 0.29) is 24.7 Å². The number of alkyl halides is 3. The monoisotopic (exact) mass is 433 g/mol. The Balaban J connectivity index is 1.47. The molecule has 0 saturated carbocycles.